The third kappa shape index (κ3) is 2.88. The van der Waals surface area contributed by atoms with E-state index in [-0.39, 0.29) is 11.5 Å². The number of nitrogens with two attached hydrogens (primary N) is 1. The fourth-order valence-electron chi connectivity index (χ4n) is 2.84. The van der Waals surface area contributed by atoms with Gasteiger partial charge in [-0.3, -0.25) is 4.90 Å². The van der Waals surface area contributed by atoms with Gasteiger partial charge in [0.15, 0.2) is 21.4 Å². The van der Waals surface area contributed by atoms with Crippen molar-refractivity contribution in [2.45, 2.75) is 17.4 Å². The fraction of sp³-hybridized carbons (Fsp3) is 0.538. The number of halogens is 2. The highest BCUT2D eigenvalue weighted by molar-refractivity contribution is 7.90. The van der Waals surface area contributed by atoms with Gasteiger partial charge in [-0.2, -0.15) is 0 Å². The minimum atomic E-state index is -4.10. The van der Waals surface area contributed by atoms with Gasteiger partial charge in [-0.25, -0.2) is 17.2 Å². The average Bonchev–Trinajstić information content (AvgIpc) is 2.73. The molecule has 1 fully saturated rings. The minimum absolute atomic E-state index is 0.0517. The van der Waals surface area contributed by atoms with Gasteiger partial charge in [-0.05, 0) is 32.0 Å². The van der Waals surface area contributed by atoms with E-state index in [9.17, 15) is 22.3 Å². The van der Waals surface area contributed by atoms with Crippen molar-refractivity contribution >= 4 is 9.84 Å². The third-order valence-corrected chi connectivity index (χ3v) is 4.99. The number of hydrogen-bond acceptors (Lipinski definition) is 5. The van der Waals surface area contributed by atoms with E-state index in [1.807, 2.05) is 4.90 Å². The zero-order valence-corrected chi connectivity index (χ0v) is 12.6. The molecule has 8 heteroatoms. The van der Waals surface area contributed by atoms with Gasteiger partial charge in [-0.15, -0.1) is 0 Å². The maximum Gasteiger partial charge on any atom is 0.186 e. The second-order valence-electron chi connectivity index (χ2n) is 5.50. The number of aromatic hydroxyl groups is 1. The lowest BCUT2D eigenvalue weighted by molar-refractivity contribution is 0.299. The van der Waals surface area contributed by atoms with Crippen LogP contribution in [0.1, 0.15) is 18.0 Å². The number of hydrogen-bond donors (Lipinski definition) is 2. The van der Waals surface area contributed by atoms with E-state index in [1.54, 1.807) is 7.05 Å². The van der Waals surface area contributed by atoms with Gasteiger partial charge in [0.1, 0.15) is 10.7 Å². The molecule has 21 heavy (non-hydrogen) atoms. The topological polar surface area (TPSA) is 83.6 Å². The molecule has 1 aromatic carbocycles. The molecule has 0 amide bonds. The van der Waals surface area contributed by atoms with E-state index in [1.165, 1.54) is 0 Å². The van der Waals surface area contributed by atoms with Crippen LogP contribution in [0.15, 0.2) is 11.0 Å². The third-order valence-electron chi connectivity index (χ3n) is 3.88. The van der Waals surface area contributed by atoms with E-state index < -0.39 is 38.2 Å². The lowest BCUT2D eigenvalue weighted by atomic mass is 9.99. The van der Waals surface area contributed by atoms with Crippen LogP contribution in [0.2, 0.25) is 0 Å². The zero-order chi connectivity index (χ0) is 15.9. The van der Waals surface area contributed by atoms with Crippen LogP contribution in [0.4, 0.5) is 8.78 Å². The fourth-order valence-corrected chi connectivity index (χ4v) is 3.68. The van der Waals surface area contributed by atoms with Gasteiger partial charge < -0.3 is 10.8 Å². The van der Waals surface area contributed by atoms with E-state index in [0.29, 0.717) is 25.8 Å². The zero-order valence-electron chi connectivity index (χ0n) is 11.8. The van der Waals surface area contributed by atoms with Gasteiger partial charge in [-0.1, -0.05) is 0 Å². The van der Waals surface area contributed by atoms with Crippen molar-refractivity contribution in [1.82, 2.24) is 4.90 Å². The molecule has 2 unspecified atom stereocenters. The summed E-state index contributed by atoms with van der Waals surface area (Å²) < 4.78 is 50.8. The molecule has 0 bridgehead atoms. The highest BCUT2D eigenvalue weighted by atomic mass is 32.2. The van der Waals surface area contributed by atoms with Crippen LogP contribution in [0, 0.1) is 17.6 Å². The normalized spacial score (nSPS) is 23.7. The Kier molecular flexibility index (Phi) is 4.23. The van der Waals surface area contributed by atoms with Crippen LogP contribution in [-0.4, -0.2) is 44.8 Å². The number of likely N-dealkylation sites (tertiary alicyclic amines) is 1. The molecule has 1 saturated heterocycles. The molecular weight excluding hydrogens is 302 g/mol. The first kappa shape index (κ1) is 16.1. The summed E-state index contributed by atoms with van der Waals surface area (Å²) in [5, 5.41) is 9.94. The number of rotatable bonds is 3. The first-order valence-corrected chi connectivity index (χ1v) is 8.37. The van der Waals surface area contributed by atoms with E-state index >= 15 is 0 Å². The summed E-state index contributed by atoms with van der Waals surface area (Å²) in [4.78, 5) is 0.741. The highest BCUT2D eigenvalue weighted by Crippen LogP contribution is 2.41. The number of nitrogens with zero attached hydrogens (tertiary/aromatic N) is 1. The minimum Gasteiger partial charge on any atom is -0.505 e. The molecule has 0 spiro atoms. The Labute approximate surface area is 122 Å². The van der Waals surface area contributed by atoms with Crippen molar-refractivity contribution in [3.63, 3.8) is 0 Å². The molecule has 1 aromatic rings. The molecule has 0 saturated carbocycles. The van der Waals surface area contributed by atoms with E-state index in [0.717, 1.165) is 6.07 Å². The smallest absolute Gasteiger partial charge is 0.186 e. The number of phenolic OH excluding ortho intramolecular Hbond substituents is 1. The Morgan fingerprint density at radius 2 is 2.10 bits per heavy atom. The summed E-state index contributed by atoms with van der Waals surface area (Å²) in [5.74, 6) is -3.27. The van der Waals surface area contributed by atoms with Gasteiger partial charge in [0.05, 0.1) is 0 Å². The maximum absolute atomic E-state index is 14.1. The van der Waals surface area contributed by atoms with Crippen LogP contribution in [0.5, 0.6) is 5.75 Å². The molecule has 3 N–H and O–H groups in total. The lowest BCUT2D eigenvalue weighted by Gasteiger charge is -2.21. The van der Waals surface area contributed by atoms with Crippen LogP contribution in [0.3, 0.4) is 0 Å². The Morgan fingerprint density at radius 3 is 2.57 bits per heavy atom. The summed E-state index contributed by atoms with van der Waals surface area (Å²) in [6, 6.07) is 0.505. The quantitative estimate of drug-likeness (QED) is 0.869. The molecule has 2 rings (SSSR count). The summed E-state index contributed by atoms with van der Waals surface area (Å²) in [6.07, 6.45) is 1.25. The van der Waals surface area contributed by atoms with Crippen LogP contribution in [-0.2, 0) is 9.84 Å². The first-order chi connectivity index (χ1) is 9.66. The van der Waals surface area contributed by atoms with E-state index in [4.69, 9.17) is 5.73 Å². The van der Waals surface area contributed by atoms with Crippen molar-refractivity contribution in [2.24, 2.45) is 11.7 Å². The number of sulfone groups is 1. The van der Waals surface area contributed by atoms with Crippen molar-refractivity contribution in [3.8, 4) is 5.75 Å². The van der Waals surface area contributed by atoms with Crippen LogP contribution < -0.4 is 5.73 Å². The monoisotopic (exact) mass is 320 g/mol. The summed E-state index contributed by atoms with van der Waals surface area (Å²) >= 11 is 0. The Bertz CT molecular complexity index is 664. The van der Waals surface area contributed by atoms with Crippen molar-refractivity contribution in [3.05, 3.63) is 23.3 Å². The molecule has 2 atom stereocenters. The Hall–Kier alpha value is -1.25. The SMILES string of the molecule is CN1CC(CN)CC1c1cc(F)c(S(C)(=O)=O)c(F)c1O. The first-order valence-electron chi connectivity index (χ1n) is 6.48. The van der Waals surface area contributed by atoms with Gasteiger partial charge >= 0.3 is 0 Å². The van der Waals surface area contributed by atoms with Crippen molar-refractivity contribution < 1.29 is 22.3 Å². The van der Waals surface area contributed by atoms with Crippen molar-refractivity contribution in [2.75, 3.05) is 26.4 Å². The molecule has 1 aliphatic heterocycles. The average molecular weight is 320 g/mol. The number of phenols is 1. The summed E-state index contributed by atoms with van der Waals surface area (Å²) in [5.41, 5.74) is 5.65. The molecular formula is C13H18F2N2O3S. The Balaban J connectivity index is 2.53. The van der Waals surface area contributed by atoms with Gasteiger partial charge in [0.2, 0.25) is 0 Å². The molecule has 118 valence electrons. The lowest BCUT2D eigenvalue weighted by Crippen LogP contribution is -2.21. The molecule has 0 radical (unpaired) electrons. The maximum atomic E-state index is 14.1. The molecule has 1 heterocycles. The van der Waals surface area contributed by atoms with Crippen LogP contribution >= 0.6 is 0 Å². The van der Waals surface area contributed by atoms with Crippen LogP contribution in [0.25, 0.3) is 0 Å². The Morgan fingerprint density at radius 1 is 1.48 bits per heavy atom. The van der Waals surface area contributed by atoms with Crippen molar-refractivity contribution in [1.29, 1.82) is 0 Å². The second-order valence-corrected chi connectivity index (χ2v) is 7.46. The standard InChI is InChI=1S/C13H18F2N2O3S/c1-17-6-7(5-16)3-10(17)8-4-9(14)13(21(2,19)20)11(15)12(8)18/h4,7,10,18H,3,5-6,16H2,1-2H3. The molecule has 5 nitrogen and oxygen atoms in total. The van der Waals surface area contributed by atoms with E-state index in [2.05, 4.69) is 0 Å². The van der Waals surface area contributed by atoms with Gasteiger partial charge in [0, 0.05) is 24.4 Å². The molecule has 0 aromatic heterocycles. The predicted molar refractivity (Wildman–Crippen MR) is 73.7 cm³/mol. The summed E-state index contributed by atoms with van der Waals surface area (Å²) in [7, 11) is -2.34. The second kappa shape index (κ2) is 5.51. The summed E-state index contributed by atoms with van der Waals surface area (Å²) in [6.45, 7) is 1.09. The highest BCUT2D eigenvalue weighted by Gasteiger charge is 2.34. The largest absolute Gasteiger partial charge is 0.505 e. The molecule has 1 aliphatic rings. The number of benzene rings is 1. The predicted octanol–water partition coefficient (Wildman–Crippen LogP) is 1.03. The molecule has 0 aliphatic carbocycles. The van der Waals surface area contributed by atoms with Gasteiger partial charge in [0.25, 0.3) is 0 Å².